The number of nitrogens with zero attached hydrogens (tertiary/aromatic N) is 2. The number of hydrogen-bond acceptors (Lipinski definition) is 5. The average molecular weight is 439 g/mol. The number of rotatable bonds is 5. The third-order valence-electron chi connectivity index (χ3n) is 3.30. The highest BCUT2D eigenvalue weighted by molar-refractivity contribution is 9.10. The average Bonchev–Trinajstić information content (AvgIpc) is 3.06. The van der Waals surface area contributed by atoms with Gasteiger partial charge in [0.05, 0.1) is 5.75 Å². The van der Waals surface area contributed by atoms with Gasteiger partial charge < -0.3 is 9.73 Å². The molecule has 0 unspecified atom stereocenters. The van der Waals surface area contributed by atoms with E-state index in [0.29, 0.717) is 21.8 Å². The molecule has 3 aromatic rings. The second-order valence-corrected chi connectivity index (χ2v) is 7.45. The van der Waals surface area contributed by atoms with Crippen LogP contribution in [0.1, 0.15) is 5.56 Å². The minimum atomic E-state index is -0.168. The van der Waals surface area contributed by atoms with Crippen molar-refractivity contribution in [2.45, 2.75) is 12.1 Å². The van der Waals surface area contributed by atoms with E-state index in [1.54, 1.807) is 12.1 Å². The molecule has 1 aromatic heterocycles. The fourth-order valence-corrected chi connectivity index (χ4v) is 3.02. The normalized spacial score (nSPS) is 10.7. The summed E-state index contributed by atoms with van der Waals surface area (Å²) in [5.74, 6) is 0.411. The van der Waals surface area contributed by atoms with Gasteiger partial charge in [0.1, 0.15) is 0 Å². The highest BCUT2D eigenvalue weighted by Crippen LogP contribution is 2.25. The Hall–Kier alpha value is -1.83. The molecular weight excluding hydrogens is 426 g/mol. The first-order valence-corrected chi connectivity index (χ1v) is 9.45. The first-order chi connectivity index (χ1) is 12.0. The van der Waals surface area contributed by atoms with Crippen LogP contribution in [0.3, 0.4) is 0 Å². The van der Waals surface area contributed by atoms with Gasteiger partial charge in [0, 0.05) is 20.7 Å². The standard InChI is InChI=1S/C17H13BrClN3O2S/c1-10-2-7-13(19)8-14(10)20-15(23)9-25-17-22-21-16(24-17)11-3-5-12(18)6-4-11/h2-8H,9H2,1H3,(H,20,23). The zero-order chi connectivity index (χ0) is 17.8. The third kappa shape index (κ3) is 4.84. The smallest absolute Gasteiger partial charge is 0.277 e. The van der Waals surface area contributed by atoms with Crippen LogP contribution >= 0.6 is 39.3 Å². The number of aryl methyl sites for hydroxylation is 1. The first kappa shape index (κ1) is 18.0. The van der Waals surface area contributed by atoms with Gasteiger partial charge in [-0.3, -0.25) is 4.79 Å². The zero-order valence-corrected chi connectivity index (χ0v) is 16.3. The van der Waals surface area contributed by atoms with E-state index in [9.17, 15) is 4.79 Å². The number of halogens is 2. The molecule has 0 saturated carbocycles. The third-order valence-corrected chi connectivity index (χ3v) is 4.88. The molecule has 2 aromatic carbocycles. The Balaban J connectivity index is 1.59. The van der Waals surface area contributed by atoms with Crippen molar-refractivity contribution in [3.63, 3.8) is 0 Å². The number of carbonyl (C=O) groups excluding carboxylic acids is 1. The fraction of sp³-hybridized carbons (Fsp3) is 0.118. The predicted octanol–water partition coefficient (Wildman–Crippen LogP) is 5.19. The highest BCUT2D eigenvalue weighted by Gasteiger charge is 2.12. The van der Waals surface area contributed by atoms with Gasteiger partial charge in [-0.25, -0.2) is 0 Å². The molecule has 0 saturated heterocycles. The molecule has 128 valence electrons. The lowest BCUT2D eigenvalue weighted by Gasteiger charge is -2.07. The predicted molar refractivity (Wildman–Crippen MR) is 103 cm³/mol. The Labute approximate surface area is 162 Å². The Morgan fingerprint density at radius 1 is 1.24 bits per heavy atom. The summed E-state index contributed by atoms with van der Waals surface area (Å²) in [6.45, 7) is 1.90. The Morgan fingerprint density at radius 3 is 2.76 bits per heavy atom. The lowest BCUT2D eigenvalue weighted by Crippen LogP contribution is -2.14. The molecule has 1 heterocycles. The summed E-state index contributed by atoms with van der Waals surface area (Å²) in [5.41, 5.74) is 2.46. The Bertz CT molecular complexity index is 899. The van der Waals surface area contributed by atoms with Gasteiger partial charge in [-0.05, 0) is 48.9 Å². The van der Waals surface area contributed by atoms with Crippen molar-refractivity contribution in [1.29, 1.82) is 0 Å². The SMILES string of the molecule is Cc1ccc(Cl)cc1NC(=O)CSc1nnc(-c2ccc(Br)cc2)o1. The monoisotopic (exact) mass is 437 g/mol. The number of thioether (sulfide) groups is 1. The van der Waals surface area contributed by atoms with E-state index in [-0.39, 0.29) is 11.7 Å². The maximum absolute atomic E-state index is 12.1. The van der Waals surface area contributed by atoms with E-state index in [2.05, 4.69) is 31.4 Å². The van der Waals surface area contributed by atoms with Crippen molar-refractivity contribution in [2.75, 3.05) is 11.1 Å². The molecule has 0 aliphatic heterocycles. The number of nitrogens with one attached hydrogen (secondary N) is 1. The number of benzene rings is 2. The molecule has 8 heteroatoms. The Morgan fingerprint density at radius 2 is 2.00 bits per heavy atom. The van der Waals surface area contributed by atoms with Crippen LogP contribution in [0.4, 0.5) is 5.69 Å². The molecule has 1 N–H and O–H groups in total. The van der Waals surface area contributed by atoms with Gasteiger partial charge in [0.25, 0.3) is 5.22 Å². The molecular formula is C17H13BrClN3O2S. The molecule has 0 radical (unpaired) electrons. The van der Waals surface area contributed by atoms with E-state index in [4.69, 9.17) is 16.0 Å². The molecule has 3 rings (SSSR count). The lowest BCUT2D eigenvalue weighted by molar-refractivity contribution is -0.113. The number of carbonyl (C=O) groups is 1. The molecule has 25 heavy (non-hydrogen) atoms. The van der Waals surface area contributed by atoms with Gasteiger partial charge in [-0.15, -0.1) is 10.2 Å². The van der Waals surface area contributed by atoms with Gasteiger partial charge >= 0.3 is 0 Å². The maximum Gasteiger partial charge on any atom is 0.277 e. The largest absolute Gasteiger partial charge is 0.411 e. The van der Waals surface area contributed by atoms with Crippen LogP contribution in [-0.2, 0) is 4.79 Å². The molecule has 0 spiro atoms. The number of amides is 1. The van der Waals surface area contributed by atoms with Crippen molar-refractivity contribution in [3.05, 3.63) is 57.5 Å². The molecule has 0 atom stereocenters. The van der Waals surface area contributed by atoms with Gasteiger partial charge in [0.15, 0.2) is 0 Å². The summed E-state index contributed by atoms with van der Waals surface area (Å²) >= 11 is 10.5. The van der Waals surface area contributed by atoms with Crippen LogP contribution in [0, 0.1) is 6.92 Å². The van der Waals surface area contributed by atoms with Gasteiger partial charge in [-0.1, -0.05) is 45.4 Å². The van der Waals surface area contributed by atoms with Crippen molar-refractivity contribution >= 4 is 50.9 Å². The van der Waals surface area contributed by atoms with Crippen LogP contribution in [0.5, 0.6) is 0 Å². The molecule has 0 fully saturated rings. The van der Waals surface area contributed by atoms with Crippen molar-refractivity contribution in [1.82, 2.24) is 10.2 Å². The molecule has 5 nitrogen and oxygen atoms in total. The van der Waals surface area contributed by atoms with E-state index in [0.717, 1.165) is 15.6 Å². The lowest BCUT2D eigenvalue weighted by atomic mass is 10.2. The minimum Gasteiger partial charge on any atom is -0.411 e. The topological polar surface area (TPSA) is 68.0 Å². The van der Waals surface area contributed by atoms with Crippen molar-refractivity contribution < 1.29 is 9.21 Å². The van der Waals surface area contributed by atoms with Crippen molar-refractivity contribution in [3.8, 4) is 11.5 Å². The summed E-state index contributed by atoms with van der Waals surface area (Å²) in [6.07, 6.45) is 0. The number of aromatic nitrogens is 2. The van der Waals surface area contributed by atoms with Gasteiger partial charge in [-0.2, -0.15) is 0 Å². The van der Waals surface area contributed by atoms with E-state index in [1.807, 2.05) is 37.3 Å². The summed E-state index contributed by atoms with van der Waals surface area (Å²) in [4.78, 5) is 12.1. The fourth-order valence-electron chi connectivity index (χ4n) is 2.02. The highest BCUT2D eigenvalue weighted by atomic mass is 79.9. The number of anilines is 1. The Kier molecular flexibility index (Phi) is 5.78. The second-order valence-electron chi connectivity index (χ2n) is 5.18. The van der Waals surface area contributed by atoms with Crippen LogP contribution in [0.15, 0.2) is 56.6 Å². The van der Waals surface area contributed by atoms with Crippen molar-refractivity contribution in [2.24, 2.45) is 0 Å². The van der Waals surface area contributed by atoms with Crippen LogP contribution in [0.2, 0.25) is 5.02 Å². The number of hydrogen-bond donors (Lipinski definition) is 1. The molecule has 0 bridgehead atoms. The molecule has 0 aliphatic carbocycles. The summed E-state index contributed by atoms with van der Waals surface area (Å²) in [5, 5.41) is 11.7. The first-order valence-electron chi connectivity index (χ1n) is 7.29. The quantitative estimate of drug-likeness (QED) is 0.555. The maximum atomic E-state index is 12.1. The summed E-state index contributed by atoms with van der Waals surface area (Å²) in [7, 11) is 0. The summed E-state index contributed by atoms with van der Waals surface area (Å²) in [6, 6.07) is 12.9. The van der Waals surface area contributed by atoms with Crippen LogP contribution < -0.4 is 5.32 Å². The minimum absolute atomic E-state index is 0.161. The van der Waals surface area contributed by atoms with Crippen LogP contribution in [-0.4, -0.2) is 21.9 Å². The van der Waals surface area contributed by atoms with Gasteiger partial charge in [0.2, 0.25) is 11.8 Å². The molecule has 1 amide bonds. The zero-order valence-electron chi connectivity index (χ0n) is 13.1. The summed E-state index contributed by atoms with van der Waals surface area (Å²) < 4.78 is 6.55. The van der Waals surface area contributed by atoms with Crippen LogP contribution in [0.25, 0.3) is 11.5 Å². The molecule has 0 aliphatic rings. The van der Waals surface area contributed by atoms with E-state index < -0.39 is 0 Å². The van der Waals surface area contributed by atoms with E-state index >= 15 is 0 Å². The van der Waals surface area contributed by atoms with E-state index in [1.165, 1.54) is 11.8 Å². The second kappa shape index (κ2) is 8.03.